The van der Waals surface area contributed by atoms with Crippen molar-refractivity contribution in [2.45, 2.75) is 12.8 Å². The maximum Gasteiger partial charge on any atom is 0.339 e. The van der Waals surface area contributed by atoms with Crippen molar-refractivity contribution < 1.29 is 28.7 Å². The van der Waals surface area contributed by atoms with Gasteiger partial charge in [0.1, 0.15) is 5.69 Å². The Morgan fingerprint density at radius 3 is 2.69 bits per heavy atom. The van der Waals surface area contributed by atoms with E-state index in [1.807, 2.05) is 42.5 Å². The molecule has 3 aromatic carbocycles. The van der Waals surface area contributed by atoms with E-state index in [-0.39, 0.29) is 18.2 Å². The van der Waals surface area contributed by atoms with Gasteiger partial charge in [0.15, 0.2) is 18.1 Å². The van der Waals surface area contributed by atoms with Crippen LogP contribution in [0.2, 0.25) is 0 Å². The van der Waals surface area contributed by atoms with Gasteiger partial charge in [-0.2, -0.15) is 0 Å². The number of allylic oxidation sites excluding steroid dienone is 1. The quantitative estimate of drug-likeness (QED) is 0.209. The summed E-state index contributed by atoms with van der Waals surface area (Å²) >= 11 is 0. The van der Waals surface area contributed by atoms with Crippen LogP contribution in [0, 0.1) is 10.1 Å². The summed E-state index contributed by atoms with van der Waals surface area (Å²) in [6, 6.07) is 18.7. The fourth-order valence-corrected chi connectivity index (χ4v) is 4.84. The van der Waals surface area contributed by atoms with Gasteiger partial charge in [0.2, 0.25) is 6.79 Å². The highest BCUT2D eigenvalue weighted by Gasteiger charge is 2.28. The molecule has 1 aliphatic carbocycles. The van der Waals surface area contributed by atoms with Crippen LogP contribution >= 0.6 is 0 Å². The van der Waals surface area contributed by atoms with Crippen molar-refractivity contribution in [3.8, 4) is 11.5 Å². The Balaban J connectivity index is 1.28. The highest BCUT2D eigenvalue weighted by atomic mass is 16.7. The average Bonchev–Trinajstić information content (AvgIpc) is 3.57. The molecule has 6 rings (SSSR count). The van der Waals surface area contributed by atoms with Crippen LogP contribution in [0.4, 0.5) is 11.4 Å². The Morgan fingerprint density at radius 2 is 1.82 bits per heavy atom. The molecule has 0 fully saturated rings. The van der Waals surface area contributed by atoms with Gasteiger partial charge in [0, 0.05) is 11.5 Å². The molecule has 2 aliphatic rings. The van der Waals surface area contributed by atoms with Gasteiger partial charge in [-0.05, 0) is 59.9 Å². The molecular formula is C29H21N3O7. The highest BCUT2D eigenvalue weighted by Crippen LogP contribution is 2.39. The molecule has 39 heavy (non-hydrogen) atoms. The van der Waals surface area contributed by atoms with E-state index >= 15 is 0 Å². The molecule has 0 saturated carbocycles. The van der Waals surface area contributed by atoms with Crippen LogP contribution < -0.4 is 14.8 Å². The summed E-state index contributed by atoms with van der Waals surface area (Å²) in [6.07, 6.45) is 3.27. The maximum atomic E-state index is 13.4. The standard InChI is InChI=1S/C29H21N3O7/c33-26(30-22-7-3-4-8-23(22)32(35)36)15-37-29(34)27-19-5-1-2-6-21(19)31-28-18(10-11-20(27)28)13-17-9-12-24-25(14-17)39-16-38-24/h1-9,12-14H,10-11,15-16H2,(H,30,33)/b18-13-. The van der Waals surface area contributed by atoms with E-state index in [2.05, 4.69) is 5.32 Å². The number of hydrogen-bond acceptors (Lipinski definition) is 8. The zero-order valence-corrected chi connectivity index (χ0v) is 20.5. The van der Waals surface area contributed by atoms with Crippen molar-refractivity contribution in [3.63, 3.8) is 0 Å². The Bertz CT molecular complexity index is 1700. The average molecular weight is 524 g/mol. The second kappa shape index (κ2) is 9.90. The first-order valence-corrected chi connectivity index (χ1v) is 12.2. The molecule has 0 spiro atoms. The smallest absolute Gasteiger partial charge is 0.339 e. The molecule has 0 atom stereocenters. The largest absolute Gasteiger partial charge is 0.454 e. The molecular weight excluding hydrogens is 502 g/mol. The number of esters is 1. The Morgan fingerprint density at radius 1 is 1.03 bits per heavy atom. The lowest BCUT2D eigenvalue weighted by atomic mass is 10.0. The molecule has 0 bridgehead atoms. The zero-order valence-electron chi connectivity index (χ0n) is 20.5. The molecule has 0 radical (unpaired) electrons. The van der Waals surface area contributed by atoms with Crippen molar-refractivity contribution in [2.24, 2.45) is 0 Å². The minimum absolute atomic E-state index is 0.0251. The normalized spacial score (nSPS) is 14.3. The first-order valence-electron chi connectivity index (χ1n) is 12.2. The van der Waals surface area contributed by atoms with E-state index in [4.69, 9.17) is 19.2 Å². The van der Waals surface area contributed by atoms with Crippen LogP contribution in [0.25, 0.3) is 22.6 Å². The number of rotatable bonds is 6. The van der Waals surface area contributed by atoms with E-state index in [9.17, 15) is 19.7 Å². The summed E-state index contributed by atoms with van der Waals surface area (Å²) in [5.41, 5.74) is 4.13. The first kappa shape index (κ1) is 24.1. The molecule has 1 aliphatic heterocycles. The number of nitrogens with zero attached hydrogens (tertiary/aromatic N) is 2. The number of pyridine rings is 1. The summed E-state index contributed by atoms with van der Waals surface area (Å²) < 4.78 is 16.3. The molecule has 10 nitrogen and oxygen atoms in total. The van der Waals surface area contributed by atoms with Crippen molar-refractivity contribution in [1.82, 2.24) is 4.98 Å². The molecule has 10 heteroatoms. The minimum atomic E-state index is -0.684. The molecule has 0 saturated heterocycles. The van der Waals surface area contributed by atoms with Crippen LogP contribution in [0.15, 0.2) is 66.7 Å². The molecule has 194 valence electrons. The zero-order chi connectivity index (χ0) is 26.9. The minimum Gasteiger partial charge on any atom is -0.454 e. The Hall–Kier alpha value is -5.25. The number of carbonyl (C=O) groups is 2. The van der Waals surface area contributed by atoms with E-state index < -0.39 is 23.4 Å². The Kier molecular flexibility index (Phi) is 6.12. The second-order valence-corrected chi connectivity index (χ2v) is 9.01. The Labute approximate surface area is 222 Å². The molecule has 1 amide bonds. The van der Waals surface area contributed by atoms with Gasteiger partial charge in [-0.1, -0.05) is 36.4 Å². The third kappa shape index (κ3) is 4.63. The monoisotopic (exact) mass is 523 g/mol. The lowest BCUT2D eigenvalue weighted by Gasteiger charge is -2.12. The van der Waals surface area contributed by atoms with E-state index in [1.54, 1.807) is 12.1 Å². The van der Waals surface area contributed by atoms with Crippen LogP contribution in [0.5, 0.6) is 11.5 Å². The van der Waals surface area contributed by atoms with Gasteiger partial charge in [0.25, 0.3) is 11.6 Å². The molecule has 1 aromatic heterocycles. The summed E-state index contributed by atoms with van der Waals surface area (Å²) in [6.45, 7) is -0.409. The van der Waals surface area contributed by atoms with Gasteiger partial charge >= 0.3 is 5.97 Å². The summed E-state index contributed by atoms with van der Waals surface area (Å²) in [7, 11) is 0. The fraction of sp³-hybridized carbons (Fsp3) is 0.138. The number of carbonyl (C=O) groups excluding carboxylic acids is 2. The molecule has 1 N–H and O–H groups in total. The lowest BCUT2D eigenvalue weighted by Crippen LogP contribution is -2.22. The van der Waals surface area contributed by atoms with Gasteiger partial charge < -0.3 is 19.5 Å². The number of aromatic nitrogens is 1. The first-order chi connectivity index (χ1) is 19.0. The fourth-order valence-electron chi connectivity index (χ4n) is 4.84. The number of anilines is 1. The molecule has 4 aromatic rings. The van der Waals surface area contributed by atoms with Crippen LogP contribution in [0.1, 0.15) is 33.6 Å². The highest BCUT2D eigenvalue weighted by molar-refractivity contribution is 6.08. The molecule has 2 heterocycles. The van der Waals surface area contributed by atoms with Crippen molar-refractivity contribution in [1.29, 1.82) is 0 Å². The number of fused-ring (bicyclic) bond motifs is 3. The second-order valence-electron chi connectivity index (χ2n) is 9.01. The number of nitro groups is 1. The van der Waals surface area contributed by atoms with Crippen molar-refractivity contribution >= 4 is 45.8 Å². The van der Waals surface area contributed by atoms with E-state index in [1.165, 1.54) is 18.2 Å². The number of nitro benzene ring substituents is 1. The summed E-state index contributed by atoms with van der Waals surface area (Å²) in [4.78, 5) is 41.3. The predicted octanol–water partition coefficient (Wildman–Crippen LogP) is 5.15. The number of hydrogen-bond donors (Lipinski definition) is 1. The van der Waals surface area contributed by atoms with Crippen LogP contribution in [-0.4, -0.2) is 35.2 Å². The van der Waals surface area contributed by atoms with Crippen LogP contribution in [-0.2, 0) is 16.0 Å². The third-order valence-electron chi connectivity index (χ3n) is 6.59. The SMILES string of the molecule is O=C(COC(=O)c1c2c(nc3ccccc13)/C(=C\c1ccc3c(c1)OCO3)CC2)Nc1ccccc1[N+](=O)[O-]. The summed E-state index contributed by atoms with van der Waals surface area (Å²) in [5.74, 6) is 0.0318. The number of benzene rings is 3. The number of ether oxygens (including phenoxy) is 3. The van der Waals surface area contributed by atoms with Crippen molar-refractivity contribution in [3.05, 3.63) is 99.2 Å². The number of para-hydroxylation sites is 3. The van der Waals surface area contributed by atoms with E-state index in [0.717, 1.165) is 16.7 Å². The van der Waals surface area contributed by atoms with Crippen LogP contribution in [0.3, 0.4) is 0 Å². The lowest BCUT2D eigenvalue weighted by molar-refractivity contribution is -0.383. The third-order valence-corrected chi connectivity index (χ3v) is 6.59. The number of amides is 1. The van der Waals surface area contributed by atoms with E-state index in [0.29, 0.717) is 46.5 Å². The predicted molar refractivity (Wildman–Crippen MR) is 143 cm³/mol. The van der Waals surface area contributed by atoms with Gasteiger partial charge in [-0.15, -0.1) is 0 Å². The van der Waals surface area contributed by atoms with Gasteiger partial charge in [0.05, 0.1) is 21.7 Å². The number of nitrogens with one attached hydrogen (secondary N) is 1. The maximum absolute atomic E-state index is 13.4. The molecule has 0 unspecified atom stereocenters. The topological polar surface area (TPSA) is 130 Å². The van der Waals surface area contributed by atoms with Gasteiger partial charge in [-0.3, -0.25) is 14.9 Å². The van der Waals surface area contributed by atoms with Gasteiger partial charge in [-0.25, -0.2) is 9.78 Å². The summed E-state index contributed by atoms with van der Waals surface area (Å²) in [5, 5.41) is 14.3. The van der Waals surface area contributed by atoms with Crippen molar-refractivity contribution in [2.75, 3.05) is 18.7 Å².